The molecule has 1 aromatic carbocycles. The smallest absolute Gasteiger partial charge is 0.349 e. The maximum atomic E-state index is 13.0. The van der Waals surface area contributed by atoms with Crippen LogP contribution in [0.25, 0.3) is 6.08 Å². The lowest BCUT2D eigenvalue weighted by molar-refractivity contribution is -0.149. The van der Waals surface area contributed by atoms with Crippen molar-refractivity contribution in [1.82, 2.24) is 4.57 Å². The molecule has 0 N–H and O–H groups in total. The van der Waals surface area contributed by atoms with Crippen molar-refractivity contribution in [2.75, 3.05) is 25.2 Å². The molecule has 0 spiro atoms. The minimum Gasteiger partial charge on any atom is -0.475 e. The van der Waals surface area contributed by atoms with Gasteiger partial charge in [0.2, 0.25) is 6.10 Å². The molecule has 1 aromatic heterocycles. The highest BCUT2D eigenvalue weighted by Crippen LogP contribution is 2.33. The minimum absolute atomic E-state index is 0.0939. The monoisotopic (exact) mass is 493 g/mol. The number of hydrogen-bond donors (Lipinski definition) is 0. The number of carbonyl (C=O) groups excluding carboxylic acids is 3. The van der Waals surface area contributed by atoms with Crippen LogP contribution in [0, 0.1) is 31.1 Å². The van der Waals surface area contributed by atoms with Gasteiger partial charge in [0.25, 0.3) is 5.91 Å². The molecule has 9 nitrogen and oxygen atoms in total. The van der Waals surface area contributed by atoms with Gasteiger partial charge in [0, 0.05) is 17.9 Å². The lowest BCUT2D eigenvalue weighted by atomic mass is 10.1. The summed E-state index contributed by atoms with van der Waals surface area (Å²) in [6.07, 6.45) is 1.49. The summed E-state index contributed by atoms with van der Waals surface area (Å²) >= 11 is 0. The molecule has 0 bridgehead atoms. The van der Waals surface area contributed by atoms with Gasteiger partial charge in [-0.05, 0) is 56.0 Å². The number of nitriles is 1. The Labute approximate surface area is 210 Å². The Morgan fingerprint density at radius 3 is 2.64 bits per heavy atom. The van der Waals surface area contributed by atoms with E-state index in [2.05, 4.69) is 18.4 Å². The highest BCUT2D eigenvalue weighted by Gasteiger charge is 2.34. The Kier molecular flexibility index (Phi) is 8.54. The number of carbonyl (C=O) groups is 3. The van der Waals surface area contributed by atoms with Gasteiger partial charge >= 0.3 is 11.9 Å². The number of aryl methyl sites for hydroxylation is 1. The van der Waals surface area contributed by atoms with Crippen LogP contribution >= 0.6 is 0 Å². The molecular formula is C27H31N3O6. The molecule has 9 heteroatoms. The van der Waals surface area contributed by atoms with Gasteiger partial charge in [0.15, 0.2) is 6.61 Å². The summed E-state index contributed by atoms with van der Waals surface area (Å²) in [6.45, 7) is 8.39. The van der Waals surface area contributed by atoms with Crippen molar-refractivity contribution in [3.8, 4) is 11.8 Å². The van der Waals surface area contributed by atoms with Crippen LogP contribution in [0.1, 0.15) is 37.2 Å². The molecule has 0 saturated carbocycles. The van der Waals surface area contributed by atoms with Gasteiger partial charge in [-0.15, -0.1) is 0 Å². The third-order valence-corrected chi connectivity index (χ3v) is 6.05. The highest BCUT2D eigenvalue weighted by atomic mass is 16.6. The van der Waals surface area contributed by atoms with Crippen LogP contribution in [0.15, 0.2) is 35.9 Å². The van der Waals surface area contributed by atoms with Gasteiger partial charge in [-0.2, -0.15) is 5.26 Å². The van der Waals surface area contributed by atoms with Crippen molar-refractivity contribution in [1.29, 1.82) is 5.26 Å². The summed E-state index contributed by atoms with van der Waals surface area (Å²) < 4.78 is 17.7. The summed E-state index contributed by atoms with van der Waals surface area (Å²) in [5, 5.41) is 9.58. The second-order valence-corrected chi connectivity index (χ2v) is 9.01. The molecule has 36 heavy (non-hydrogen) atoms. The fourth-order valence-corrected chi connectivity index (χ4v) is 4.01. The molecule has 2 aromatic rings. The number of esters is 2. The minimum atomic E-state index is -1.01. The second kappa shape index (κ2) is 11.6. The SMILES string of the molecule is COC(=O)C1CN(C(=O)COC(=O)C(C#N)=Cc2cc(C)n(CCC(C)C)c2C)c2ccccc2O1. The van der Waals surface area contributed by atoms with Crippen LogP contribution in [-0.4, -0.2) is 48.8 Å². The fourth-order valence-electron chi connectivity index (χ4n) is 4.01. The van der Waals surface area contributed by atoms with Crippen LogP contribution in [0.4, 0.5) is 5.69 Å². The van der Waals surface area contributed by atoms with Gasteiger partial charge in [0.1, 0.15) is 17.4 Å². The van der Waals surface area contributed by atoms with E-state index in [1.165, 1.54) is 18.1 Å². The molecule has 0 aliphatic carbocycles. The van der Waals surface area contributed by atoms with Crippen molar-refractivity contribution in [3.05, 3.63) is 52.9 Å². The Balaban J connectivity index is 1.73. The van der Waals surface area contributed by atoms with Gasteiger partial charge in [0.05, 0.1) is 19.3 Å². The number of anilines is 1. The first-order chi connectivity index (χ1) is 17.2. The number of methoxy groups -OCH3 is 1. The van der Waals surface area contributed by atoms with Crippen molar-refractivity contribution in [3.63, 3.8) is 0 Å². The topological polar surface area (TPSA) is 111 Å². The summed E-state index contributed by atoms with van der Waals surface area (Å²) in [5.74, 6) is -1.20. The van der Waals surface area contributed by atoms with E-state index in [4.69, 9.17) is 14.2 Å². The van der Waals surface area contributed by atoms with Crippen LogP contribution in [0.2, 0.25) is 0 Å². The zero-order valence-electron chi connectivity index (χ0n) is 21.2. The number of amides is 1. The van der Waals surface area contributed by atoms with E-state index in [1.54, 1.807) is 24.3 Å². The zero-order chi connectivity index (χ0) is 26.4. The Bertz CT molecular complexity index is 1220. The van der Waals surface area contributed by atoms with E-state index in [-0.39, 0.29) is 12.1 Å². The van der Waals surface area contributed by atoms with Gasteiger partial charge < -0.3 is 23.7 Å². The zero-order valence-corrected chi connectivity index (χ0v) is 21.2. The van der Waals surface area contributed by atoms with Gasteiger partial charge in [-0.1, -0.05) is 26.0 Å². The van der Waals surface area contributed by atoms with Crippen molar-refractivity contribution in [2.45, 2.75) is 46.8 Å². The number of hydrogen-bond acceptors (Lipinski definition) is 7. The van der Waals surface area contributed by atoms with E-state index in [0.29, 0.717) is 17.4 Å². The van der Waals surface area contributed by atoms with Crippen LogP contribution in [-0.2, 0) is 30.4 Å². The number of aromatic nitrogens is 1. The maximum absolute atomic E-state index is 13.0. The van der Waals surface area contributed by atoms with Crippen LogP contribution < -0.4 is 9.64 Å². The molecular weight excluding hydrogens is 462 g/mol. The van der Waals surface area contributed by atoms with Gasteiger partial charge in [-0.3, -0.25) is 4.79 Å². The Hall–Kier alpha value is -4.06. The summed E-state index contributed by atoms with van der Waals surface area (Å²) in [6, 6.07) is 10.5. The largest absolute Gasteiger partial charge is 0.475 e. The van der Waals surface area contributed by atoms with Crippen molar-refractivity contribution >= 4 is 29.6 Å². The second-order valence-electron chi connectivity index (χ2n) is 9.01. The first-order valence-corrected chi connectivity index (χ1v) is 11.8. The Morgan fingerprint density at radius 1 is 1.25 bits per heavy atom. The number of rotatable bonds is 8. The third-order valence-electron chi connectivity index (χ3n) is 6.05. The molecule has 1 unspecified atom stereocenters. The molecule has 1 atom stereocenters. The molecule has 1 amide bonds. The molecule has 2 heterocycles. The Morgan fingerprint density at radius 2 is 1.97 bits per heavy atom. The molecule has 190 valence electrons. The lowest BCUT2D eigenvalue weighted by Crippen LogP contribution is -2.48. The molecule has 3 rings (SSSR count). The fraction of sp³-hybridized carbons (Fsp3) is 0.407. The average molecular weight is 494 g/mol. The molecule has 0 radical (unpaired) electrons. The molecule has 0 saturated heterocycles. The molecule has 1 aliphatic rings. The molecule has 0 fully saturated rings. The van der Waals surface area contributed by atoms with Gasteiger partial charge in [-0.25, -0.2) is 9.59 Å². The van der Waals surface area contributed by atoms with Crippen molar-refractivity contribution in [2.24, 2.45) is 5.92 Å². The summed E-state index contributed by atoms with van der Waals surface area (Å²) in [7, 11) is 1.23. The first kappa shape index (κ1) is 26.5. The maximum Gasteiger partial charge on any atom is 0.349 e. The van der Waals surface area contributed by atoms with E-state index in [9.17, 15) is 19.6 Å². The first-order valence-electron chi connectivity index (χ1n) is 11.8. The number of nitrogens with zero attached hydrogens (tertiary/aromatic N) is 3. The predicted octanol–water partition coefficient (Wildman–Crippen LogP) is 3.57. The predicted molar refractivity (Wildman–Crippen MR) is 133 cm³/mol. The van der Waals surface area contributed by atoms with E-state index >= 15 is 0 Å². The van der Waals surface area contributed by atoms with E-state index in [0.717, 1.165) is 29.9 Å². The number of benzene rings is 1. The number of ether oxygens (including phenoxy) is 3. The van der Waals surface area contributed by atoms with E-state index < -0.39 is 30.6 Å². The van der Waals surface area contributed by atoms with E-state index in [1.807, 2.05) is 26.0 Å². The number of fused-ring (bicyclic) bond motifs is 1. The highest BCUT2D eigenvalue weighted by molar-refractivity contribution is 6.02. The normalized spacial score (nSPS) is 15.1. The number of para-hydroxylation sites is 2. The van der Waals surface area contributed by atoms with Crippen LogP contribution in [0.5, 0.6) is 5.75 Å². The van der Waals surface area contributed by atoms with Crippen molar-refractivity contribution < 1.29 is 28.6 Å². The van der Waals surface area contributed by atoms with Crippen LogP contribution in [0.3, 0.4) is 0 Å². The lowest BCUT2D eigenvalue weighted by Gasteiger charge is -2.33. The summed E-state index contributed by atoms with van der Waals surface area (Å²) in [5.41, 5.74) is 2.97. The molecule has 1 aliphatic heterocycles. The quantitative estimate of drug-likeness (QED) is 0.314. The summed E-state index contributed by atoms with van der Waals surface area (Å²) in [4.78, 5) is 38.9. The third kappa shape index (κ3) is 5.95. The standard InChI is InChI=1S/C27H31N3O6/c1-17(2)10-11-29-18(3)12-20(19(29)4)13-21(14-28)26(32)35-16-25(31)30-15-24(27(33)34-5)36-23-9-7-6-8-22(23)30/h6-9,12-13,17,24H,10-11,15-16H2,1-5H3. The average Bonchev–Trinajstić information content (AvgIpc) is 3.14.